The Bertz CT molecular complexity index is 1580. The van der Waals surface area contributed by atoms with Crippen molar-refractivity contribution in [3.63, 3.8) is 0 Å². The highest BCUT2D eigenvalue weighted by atomic mass is 16.5. The largest absolute Gasteiger partial charge is 0.494 e. The third-order valence-electron chi connectivity index (χ3n) is 6.98. The van der Waals surface area contributed by atoms with E-state index in [2.05, 4.69) is 6.92 Å². The van der Waals surface area contributed by atoms with E-state index in [1.807, 2.05) is 44.2 Å². The van der Waals surface area contributed by atoms with Crippen LogP contribution in [0.1, 0.15) is 75.9 Å². The molecule has 3 aromatic carbocycles. The summed E-state index contributed by atoms with van der Waals surface area (Å²) in [5.41, 5.74) is 4.28. The summed E-state index contributed by atoms with van der Waals surface area (Å²) in [6, 6.07) is 17.3. The van der Waals surface area contributed by atoms with Crippen LogP contribution in [0.2, 0.25) is 0 Å². The quantitative estimate of drug-likeness (QED) is 0.215. The molecule has 1 amide bonds. The number of ketones is 1. The lowest BCUT2D eigenvalue weighted by atomic mass is 9.97. The van der Waals surface area contributed by atoms with Gasteiger partial charge in [-0.15, -0.1) is 0 Å². The summed E-state index contributed by atoms with van der Waals surface area (Å²) >= 11 is 0. The van der Waals surface area contributed by atoms with E-state index in [0.717, 1.165) is 29.5 Å². The smallest absolute Gasteiger partial charge is 0.295 e. The van der Waals surface area contributed by atoms with Crippen molar-refractivity contribution in [3.8, 4) is 5.75 Å². The topological polar surface area (TPSA) is 76.8 Å². The lowest BCUT2D eigenvalue weighted by Crippen LogP contribution is -2.29. The molecule has 0 saturated heterocycles. The van der Waals surface area contributed by atoms with Crippen molar-refractivity contribution in [3.05, 3.63) is 104 Å². The number of anilines is 1. The van der Waals surface area contributed by atoms with Gasteiger partial charge in [0.1, 0.15) is 11.3 Å². The standard InChI is InChI=1S/C31H29NO5/c1-5-6-14-36-24-9-7-8-22(17-24)28-27-29(34)25-15-18(2)19(3)16-26(25)37-30(27)31(35)32(28)23-12-10-21(11-13-23)20(4)33/h7-13,15-17,28H,5-6,14H2,1-4H3. The molecule has 2 heterocycles. The third kappa shape index (κ3) is 4.33. The molecule has 1 aliphatic rings. The second-order valence-electron chi connectivity index (χ2n) is 9.56. The summed E-state index contributed by atoms with van der Waals surface area (Å²) in [4.78, 5) is 41.2. The molecule has 0 fully saturated rings. The van der Waals surface area contributed by atoms with Crippen LogP contribution in [0.3, 0.4) is 0 Å². The molecule has 37 heavy (non-hydrogen) atoms. The number of rotatable bonds is 7. The van der Waals surface area contributed by atoms with Crippen molar-refractivity contribution in [1.82, 2.24) is 0 Å². The first kappa shape index (κ1) is 24.5. The molecular formula is C31H29NO5. The predicted molar refractivity (Wildman–Crippen MR) is 144 cm³/mol. The number of aryl methyl sites for hydroxylation is 2. The maximum Gasteiger partial charge on any atom is 0.295 e. The number of amides is 1. The minimum absolute atomic E-state index is 0.0405. The summed E-state index contributed by atoms with van der Waals surface area (Å²) < 4.78 is 12.1. The lowest BCUT2D eigenvalue weighted by Gasteiger charge is -2.25. The monoisotopic (exact) mass is 495 g/mol. The van der Waals surface area contributed by atoms with Crippen molar-refractivity contribution < 1.29 is 18.7 Å². The van der Waals surface area contributed by atoms with E-state index in [4.69, 9.17) is 9.15 Å². The van der Waals surface area contributed by atoms with Gasteiger partial charge >= 0.3 is 0 Å². The van der Waals surface area contributed by atoms with Crippen molar-refractivity contribution >= 4 is 28.3 Å². The average Bonchev–Trinajstić information content (AvgIpc) is 3.18. The van der Waals surface area contributed by atoms with Crippen LogP contribution in [0.25, 0.3) is 11.0 Å². The van der Waals surface area contributed by atoms with Gasteiger partial charge < -0.3 is 9.15 Å². The SMILES string of the molecule is CCCCOc1cccc(C2c3c(oc4cc(C)c(C)cc4c3=O)C(=O)N2c2ccc(C(C)=O)cc2)c1. The Morgan fingerprint density at radius 3 is 2.43 bits per heavy atom. The summed E-state index contributed by atoms with van der Waals surface area (Å²) in [5, 5.41) is 0.448. The lowest BCUT2D eigenvalue weighted by molar-refractivity contribution is 0.0970. The van der Waals surface area contributed by atoms with Crippen molar-refractivity contribution in [2.75, 3.05) is 11.5 Å². The Labute approximate surface area is 215 Å². The third-order valence-corrected chi connectivity index (χ3v) is 6.98. The molecule has 0 saturated carbocycles. The summed E-state index contributed by atoms with van der Waals surface area (Å²) in [7, 11) is 0. The number of carbonyl (C=O) groups is 2. The minimum Gasteiger partial charge on any atom is -0.494 e. The minimum atomic E-state index is -0.706. The second kappa shape index (κ2) is 9.69. The van der Waals surface area contributed by atoms with Gasteiger partial charge in [0.2, 0.25) is 5.76 Å². The summed E-state index contributed by atoms with van der Waals surface area (Å²) in [5.74, 6) is 0.254. The second-order valence-corrected chi connectivity index (χ2v) is 9.56. The molecule has 6 heteroatoms. The van der Waals surface area contributed by atoms with Crippen molar-refractivity contribution in [2.45, 2.75) is 46.6 Å². The number of nitrogens with zero attached hydrogens (tertiary/aromatic N) is 1. The number of ether oxygens (including phenoxy) is 1. The van der Waals surface area contributed by atoms with Gasteiger partial charge in [-0.2, -0.15) is 0 Å². The van der Waals surface area contributed by atoms with Gasteiger partial charge in [-0.3, -0.25) is 19.3 Å². The first-order valence-electron chi connectivity index (χ1n) is 12.6. The van der Waals surface area contributed by atoms with E-state index in [1.54, 1.807) is 35.2 Å². The van der Waals surface area contributed by atoms with Crippen LogP contribution in [-0.4, -0.2) is 18.3 Å². The molecule has 0 radical (unpaired) electrons. The first-order chi connectivity index (χ1) is 17.8. The van der Waals surface area contributed by atoms with Crippen LogP contribution in [0.4, 0.5) is 5.69 Å². The molecule has 188 valence electrons. The Morgan fingerprint density at radius 1 is 1.00 bits per heavy atom. The normalized spacial score (nSPS) is 14.8. The maximum absolute atomic E-state index is 13.9. The van der Waals surface area contributed by atoms with Crippen LogP contribution in [-0.2, 0) is 0 Å². The Hall–Kier alpha value is -4.19. The average molecular weight is 496 g/mol. The van der Waals surface area contributed by atoms with Gasteiger partial charge in [0.05, 0.1) is 23.6 Å². The highest BCUT2D eigenvalue weighted by molar-refractivity contribution is 6.11. The van der Waals surface area contributed by atoms with E-state index in [0.29, 0.717) is 40.1 Å². The molecule has 0 bridgehead atoms. The van der Waals surface area contributed by atoms with E-state index in [-0.39, 0.29) is 17.0 Å². The van der Waals surface area contributed by atoms with Crippen molar-refractivity contribution in [2.24, 2.45) is 0 Å². The molecule has 1 aliphatic heterocycles. The van der Waals surface area contributed by atoms with Crippen LogP contribution >= 0.6 is 0 Å². The zero-order valence-corrected chi connectivity index (χ0v) is 21.5. The fraction of sp³-hybridized carbons (Fsp3) is 0.258. The number of carbonyl (C=O) groups excluding carboxylic acids is 2. The van der Waals surface area contributed by atoms with Crippen molar-refractivity contribution in [1.29, 1.82) is 0 Å². The van der Waals surface area contributed by atoms with E-state index in [1.165, 1.54) is 6.92 Å². The van der Waals surface area contributed by atoms with Crippen LogP contribution in [0.15, 0.2) is 69.9 Å². The molecule has 0 spiro atoms. The Morgan fingerprint density at radius 2 is 1.73 bits per heavy atom. The van der Waals surface area contributed by atoms with E-state index in [9.17, 15) is 14.4 Å². The number of fused-ring (bicyclic) bond motifs is 2. The molecule has 0 N–H and O–H groups in total. The molecule has 1 aromatic heterocycles. The Balaban J connectivity index is 1.71. The number of unbranched alkanes of at least 4 members (excludes halogenated alkanes) is 1. The van der Waals surface area contributed by atoms with Crippen LogP contribution in [0.5, 0.6) is 5.75 Å². The maximum atomic E-state index is 13.9. The van der Waals surface area contributed by atoms with Gasteiger partial charge in [0.15, 0.2) is 11.2 Å². The van der Waals surface area contributed by atoms with Crippen LogP contribution < -0.4 is 15.1 Å². The predicted octanol–water partition coefficient (Wildman–Crippen LogP) is 6.54. The molecular weight excluding hydrogens is 466 g/mol. The van der Waals surface area contributed by atoms with Gasteiger partial charge in [-0.25, -0.2) is 0 Å². The highest BCUT2D eigenvalue weighted by Gasteiger charge is 2.43. The molecule has 5 rings (SSSR count). The number of hydrogen-bond acceptors (Lipinski definition) is 5. The number of benzene rings is 3. The zero-order valence-electron chi connectivity index (χ0n) is 21.5. The van der Waals surface area contributed by atoms with Gasteiger partial charge in [-0.05, 0) is 92.4 Å². The molecule has 0 aliphatic carbocycles. The molecule has 1 unspecified atom stereocenters. The van der Waals surface area contributed by atoms with E-state index >= 15 is 0 Å². The van der Waals surface area contributed by atoms with Crippen LogP contribution in [0, 0.1) is 13.8 Å². The first-order valence-corrected chi connectivity index (χ1v) is 12.6. The fourth-order valence-corrected chi connectivity index (χ4v) is 4.78. The fourth-order valence-electron chi connectivity index (χ4n) is 4.78. The highest BCUT2D eigenvalue weighted by Crippen LogP contribution is 2.42. The zero-order chi connectivity index (χ0) is 26.3. The summed E-state index contributed by atoms with van der Waals surface area (Å²) in [6.45, 7) is 8.07. The Kier molecular flexibility index (Phi) is 6.42. The molecule has 6 nitrogen and oxygen atoms in total. The molecule has 4 aromatic rings. The van der Waals surface area contributed by atoms with Gasteiger partial charge in [-0.1, -0.05) is 25.5 Å². The van der Waals surface area contributed by atoms with Gasteiger partial charge in [0, 0.05) is 11.3 Å². The summed E-state index contributed by atoms with van der Waals surface area (Å²) in [6.07, 6.45) is 1.94. The molecule has 1 atom stereocenters. The number of Topliss-reactive ketones (excluding diaryl/α,β-unsaturated/α-hetero) is 1. The number of hydrogen-bond donors (Lipinski definition) is 0. The van der Waals surface area contributed by atoms with E-state index < -0.39 is 11.9 Å². The van der Waals surface area contributed by atoms with Gasteiger partial charge in [0.25, 0.3) is 5.91 Å².